The molecular weight excluding hydrogens is 482 g/mol. The Hall–Kier alpha value is -3.51. The summed E-state index contributed by atoms with van der Waals surface area (Å²) in [4.78, 5) is 35.3. The number of hydrogen-bond acceptors (Lipinski definition) is 4. The van der Waals surface area contributed by atoms with Crippen LogP contribution in [0.3, 0.4) is 0 Å². The van der Waals surface area contributed by atoms with E-state index in [1.807, 2.05) is 48.5 Å². The Labute approximate surface area is 201 Å². The van der Waals surface area contributed by atoms with E-state index < -0.39 is 5.97 Å². The molecule has 5 nitrogen and oxygen atoms in total. The van der Waals surface area contributed by atoms with Crippen molar-refractivity contribution in [3.05, 3.63) is 99.5 Å². The van der Waals surface area contributed by atoms with Gasteiger partial charge in [0.1, 0.15) is 0 Å². The van der Waals surface area contributed by atoms with Crippen molar-refractivity contribution in [2.75, 3.05) is 20.7 Å². The molecule has 0 atom stereocenters. The number of carbonyl (C=O) groups excluding carboxylic acids is 3. The maximum Gasteiger partial charge on any atom is 0.331 e. The van der Waals surface area contributed by atoms with Crippen molar-refractivity contribution in [2.45, 2.75) is 6.42 Å². The number of nitrogens with zero attached hydrogens (tertiary/aromatic N) is 1. The van der Waals surface area contributed by atoms with E-state index in [0.717, 1.165) is 28.4 Å². The molecule has 1 aliphatic carbocycles. The number of ether oxygens (including phenoxy) is 1. The van der Waals surface area contributed by atoms with Crippen LogP contribution < -0.4 is 0 Å². The number of fused-ring (bicyclic) bond motifs is 3. The molecule has 0 bridgehead atoms. The summed E-state index contributed by atoms with van der Waals surface area (Å²) in [6.45, 7) is -0.276. The number of benzene rings is 3. The Morgan fingerprint density at radius 1 is 0.970 bits per heavy atom. The molecule has 4 rings (SSSR count). The molecule has 1 amide bonds. The smallest absolute Gasteiger partial charge is 0.331 e. The van der Waals surface area contributed by atoms with Crippen molar-refractivity contribution in [1.29, 1.82) is 0 Å². The fourth-order valence-electron chi connectivity index (χ4n) is 3.34. The Balaban J connectivity index is 0.000000555. The maximum atomic E-state index is 12.5. The Kier molecular flexibility index (Phi) is 8.33. The zero-order valence-electron chi connectivity index (χ0n) is 18.5. The van der Waals surface area contributed by atoms with Crippen LogP contribution in [-0.2, 0) is 20.7 Å². The van der Waals surface area contributed by atoms with Gasteiger partial charge in [-0.1, -0.05) is 64.5 Å². The number of hydrogen-bond donors (Lipinski definition) is 0. The molecule has 0 aliphatic heterocycles. The number of ketones is 1. The lowest BCUT2D eigenvalue weighted by molar-refractivity contribution is -0.136. The minimum absolute atomic E-state index is 0.212. The van der Waals surface area contributed by atoms with Gasteiger partial charge in [0.2, 0.25) is 6.41 Å². The SMILES string of the molecule is CN(C)C=O.O=C(/C=C/c1cccc(Br)c1)OCC(=O)c1ccc2c(c1)-c1ccccc1C2. The van der Waals surface area contributed by atoms with Crippen LogP contribution in [-0.4, -0.2) is 43.8 Å². The minimum atomic E-state index is -0.542. The summed E-state index contributed by atoms with van der Waals surface area (Å²) in [6.07, 6.45) is 4.62. The predicted octanol–water partition coefficient (Wildman–Crippen LogP) is 5.16. The van der Waals surface area contributed by atoms with Gasteiger partial charge in [-0.3, -0.25) is 9.59 Å². The molecule has 0 saturated heterocycles. The van der Waals surface area contributed by atoms with Crippen molar-refractivity contribution in [1.82, 2.24) is 4.90 Å². The number of Topliss-reactive ketones (excluding diaryl/α,β-unsaturated/α-hetero) is 1. The lowest BCUT2D eigenvalue weighted by Gasteiger charge is -2.06. The van der Waals surface area contributed by atoms with Gasteiger partial charge < -0.3 is 9.64 Å². The first kappa shape index (κ1) is 24.1. The van der Waals surface area contributed by atoms with Crippen LogP contribution in [0.2, 0.25) is 0 Å². The molecule has 3 aromatic rings. The second-order valence-corrected chi connectivity index (χ2v) is 8.61. The molecule has 0 spiro atoms. The molecule has 0 unspecified atom stereocenters. The van der Waals surface area contributed by atoms with E-state index >= 15 is 0 Å². The highest BCUT2D eigenvalue weighted by molar-refractivity contribution is 9.10. The zero-order chi connectivity index (χ0) is 23.8. The second kappa shape index (κ2) is 11.4. The lowest BCUT2D eigenvalue weighted by atomic mass is 10.0. The van der Waals surface area contributed by atoms with E-state index in [1.54, 1.807) is 26.2 Å². The number of esters is 1. The molecule has 0 heterocycles. The van der Waals surface area contributed by atoms with Crippen LogP contribution in [0, 0.1) is 0 Å². The highest BCUT2D eigenvalue weighted by Gasteiger charge is 2.19. The molecule has 0 aromatic heterocycles. The average Bonchev–Trinajstić information content (AvgIpc) is 3.19. The van der Waals surface area contributed by atoms with Crippen molar-refractivity contribution < 1.29 is 19.1 Å². The largest absolute Gasteiger partial charge is 0.454 e. The normalized spacial score (nSPS) is 11.1. The van der Waals surface area contributed by atoms with E-state index in [2.05, 4.69) is 28.1 Å². The van der Waals surface area contributed by atoms with Gasteiger partial charge in [-0.15, -0.1) is 0 Å². The van der Waals surface area contributed by atoms with E-state index in [0.29, 0.717) is 5.56 Å². The van der Waals surface area contributed by atoms with Gasteiger partial charge in [0.25, 0.3) is 0 Å². The van der Waals surface area contributed by atoms with E-state index in [9.17, 15) is 14.4 Å². The second-order valence-electron chi connectivity index (χ2n) is 7.69. The molecule has 3 aromatic carbocycles. The van der Waals surface area contributed by atoms with Gasteiger partial charge in [0, 0.05) is 30.2 Å². The number of rotatable bonds is 6. The average molecular weight is 506 g/mol. The number of halogens is 1. The molecule has 0 fully saturated rings. The summed E-state index contributed by atoms with van der Waals surface area (Å²) in [5.41, 5.74) is 6.16. The molecule has 1 aliphatic rings. The Morgan fingerprint density at radius 2 is 1.70 bits per heavy atom. The first-order chi connectivity index (χ1) is 15.9. The third-order valence-electron chi connectivity index (χ3n) is 4.94. The van der Waals surface area contributed by atoms with Gasteiger partial charge >= 0.3 is 5.97 Å². The predicted molar refractivity (Wildman–Crippen MR) is 133 cm³/mol. The summed E-state index contributed by atoms with van der Waals surface area (Å²) in [6, 6.07) is 21.4. The minimum Gasteiger partial charge on any atom is -0.454 e. The van der Waals surface area contributed by atoms with Gasteiger partial charge in [-0.2, -0.15) is 0 Å². The molecule has 168 valence electrons. The van der Waals surface area contributed by atoms with Gasteiger partial charge in [-0.05, 0) is 58.5 Å². The Bertz CT molecular complexity index is 1200. The molecule has 0 N–H and O–H groups in total. The van der Waals surface area contributed by atoms with Crippen molar-refractivity contribution in [2.24, 2.45) is 0 Å². The maximum absolute atomic E-state index is 12.5. The van der Waals surface area contributed by atoms with Gasteiger partial charge in [0.05, 0.1) is 0 Å². The first-order valence-corrected chi connectivity index (χ1v) is 11.1. The fraction of sp³-hybridized carbons (Fsp3) is 0.148. The molecule has 0 radical (unpaired) electrons. The topological polar surface area (TPSA) is 63.7 Å². The summed E-state index contributed by atoms with van der Waals surface area (Å²) in [5, 5.41) is 0. The molecule has 0 saturated carbocycles. The van der Waals surface area contributed by atoms with Crippen molar-refractivity contribution in [3.8, 4) is 11.1 Å². The van der Waals surface area contributed by atoms with E-state index in [-0.39, 0.29) is 12.4 Å². The van der Waals surface area contributed by atoms with Crippen LogP contribution in [0.1, 0.15) is 27.0 Å². The first-order valence-electron chi connectivity index (χ1n) is 10.3. The van der Waals surface area contributed by atoms with Crippen molar-refractivity contribution >= 4 is 40.2 Å². The standard InChI is InChI=1S/C24H17BrO3.C3H7NO/c25-20-6-3-4-16(12-20)8-11-24(27)28-15-23(26)19-10-9-18-13-17-5-1-2-7-21(17)22(18)14-19;1-4(2)3-5/h1-12,14H,13,15H2;3H,1-2H3/b11-8+;. The Morgan fingerprint density at radius 3 is 2.42 bits per heavy atom. The molecule has 6 heteroatoms. The lowest BCUT2D eigenvalue weighted by Crippen LogP contribution is -2.12. The number of amides is 1. The summed E-state index contributed by atoms with van der Waals surface area (Å²) >= 11 is 3.38. The third-order valence-corrected chi connectivity index (χ3v) is 5.43. The van der Waals surface area contributed by atoms with Gasteiger partial charge in [0.15, 0.2) is 12.4 Å². The zero-order valence-corrected chi connectivity index (χ0v) is 20.0. The van der Waals surface area contributed by atoms with Crippen LogP contribution in [0.4, 0.5) is 0 Å². The monoisotopic (exact) mass is 505 g/mol. The third kappa shape index (κ3) is 6.73. The summed E-state index contributed by atoms with van der Waals surface area (Å²) in [5.74, 6) is -0.754. The summed E-state index contributed by atoms with van der Waals surface area (Å²) < 4.78 is 6.04. The van der Waals surface area contributed by atoms with Crippen LogP contribution in [0.5, 0.6) is 0 Å². The summed E-state index contributed by atoms with van der Waals surface area (Å²) in [7, 11) is 3.38. The highest BCUT2D eigenvalue weighted by atomic mass is 79.9. The fourth-order valence-corrected chi connectivity index (χ4v) is 3.76. The van der Waals surface area contributed by atoms with Crippen molar-refractivity contribution in [3.63, 3.8) is 0 Å². The van der Waals surface area contributed by atoms with Crippen LogP contribution in [0.15, 0.2) is 77.3 Å². The number of carbonyl (C=O) groups is 3. The molecule has 33 heavy (non-hydrogen) atoms. The molecular formula is C27H24BrNO4. The van der Waals surface area contributed by atoms with E-state index in [1.165, 1.54) is 27.7 Å². The van der Waals surface area contributed by atoms with Crippen LogP contribution >= 0.6 is 15.9 Å². The van der Waals surface area contributed by atoms with Gasteiger partial charge in [-0.25, -0.2) is 4.79 Å². The van der Waals surface area contributed by atoms with Crippen LogP contribution in [0.25, 0.3) is 17.2 Å². The highest BCUT2D eigenvalue weighted by Crippen LogP contribution is 2.36. The van der Waals surface area contributed by atoms with E-state index in [4.69, 9.17) is 4.74 Å². The quantitative estimate of drug-likeness (QED) is 0.157.